The highest BCUT2D eigenvalue weighted by Gasteiger charge is 2.37. The zero-order chi connectivity index (χ0) is 21.8. The summed E-state index contributed by atoms with van der Waals surface area (Å²) in [4.78, 5) is 7.46. The molecule has 3 heterocycles. The Morgan fingerprint density at radius 3 is 2.55 bits per heavy atom. The summed E-state index contributed by atoms with van der Waals surface area (Å²) in [5.74, 6) is -1.92. The van der Waals surface area contributed by atoms with Gasteiger partial charge < -0.3 is 4.57 Å². The van der Waals surface area contributed by atoms with Crippen molar-refractivity contribution in [2.45, 2.75) is 56.1 Å². The molecule has 4 nitrogen and oxygen atoms in total. The molecule has 10 heteroatoms. The maximum absolute atomic E-state index is 15.0. The van der Waals surface area contributed by atoms with Gasteiger partial charge in [0.05, 0.1) is 6.20 Å². The third-order valence-corrected chi connectivity index (χ3v) is 6.84. The Labute approximate surface area is 179 Å². The Balaban J connectivity index is 1.62. The number of fused-ring (bicyclic) bond motifs is 1. The third-order valence-electron chi connectivity index (χ3n) is 5.72. The monoisotopic (exact) mass is 454 g/mol. The Kier molecular flexibility index (Phi) is 5.16. The highest BCUT2D eigenvalue weighted by atomic mass is 32.2. The first-order chi connectivity index (χ1) is 14.8. The quantitative estimate of drug-likeness (QED) is 0.365. The fourth-order valence-corrected chi connectivity index (χ4v) is 4.60. The van der Waals surface area contributed by atoms with E-state index in [1.165, 1.54) is 18.9 Å². The van der Waals surface area contributed by atoms with Crippen molar-refractivity contribution in [1.82, 2.24) is 19.3 Å². The second-order valence-electron chi connectivity index (χ2n) is 8.02. The van der Waals surface area contributed by atoms with Gasteiger partial charge in [0.15, 0.2) is 5.69 Å². The lowest BCUT2D eigenvalue weighted by Gasteiger charge is -2.27. The molecule has 1 N–H and O–H groups in total. The third kappa shape index (κ3) is 4.03. The Hall–Kier alpha value is -2.20. The van der Waals surface area contributed by atoms with Crippen molar-refractivity contribution in [3.05, 3.63) is 47.4 Å². The summed E-state index contributed by atoms with van der Waals surface area (Å²) in [5.41, 5.74) is -1.35. The molecule has 2 aliphatic rings. The number of rotatable bonds is 6. The number of hydrogen-bond acceptors (Lipinski definition) is 4. The first-order valence-electron chi connectivity index (χ1n) is 10.1. The van der Waals surface area contributed by atoms with Gasteiger partial charge in [-0.3, -0.25) is 4.72 Å². The summed E-state index contributed by atoms with van der Waals surface area (Å²) in [6, 6.07) is 2.01. The summed E-state index contributed by atoms with van der Waals surface area (Å²) in [6.07, 6.45) is 2.76. The molecule has 164 valence electrons. The molecule has 2 fully saturated rings. The van der Waals surface area contributed by atoms with Gasteiger partial charge in [0, 0.05) is 35.0 Å². The maximum Gasteiger partial charge on any atom is 0.434 e. The van der Waals surface area contributed by atoms with E-state index in [0.29, 0.717) is 35.1 Å². The molecule has 5 rings (SSSR count). The first-order valence-corrected chi connectivity index (χ1v) is 11.0. The van der Waals surface area contributed by atoms with Crippen molar-refractivity contribution >= 4 is 23.0 Å². The number of halogens is 5. The summed E-state index contributed by atoms with van der Waals surface area (Å²) in [5, 5.41) is 1.15. The molecule has 0 atom stereocenters. The van der Waals surface area contributed by atoms with Crippen molar-refractivity contribution < 1.29 is 22.0 Å². The SMILES string of the molecule is Fc1cnc(C(F)(F)F)c(-c2nc3c(cc2F)c(CNSC2CC2)cn3C2CCC2)c1. The van der Waals surface area contributed by atoms with Crippen LogP contribution >= 0.6 is 11.9 Å². The normalized spacial score (nSPS) is 17.3. The largest absolute Gasteiger partial charge is 0.434 e. The minimum Gasteiger partial charge on any atom is -0.329 e. The molecule has 0 saturated heterocycles. The molecule has 0 amide bonds. The van der Waals surface area contributed by atoms with E-state index in [4.69, 9.17) is 0 Å². The predicted octanol–water partition coefficient (Wildman–Crippen LogP) is 6.02. The standard InChI is InChI=1S/C21H19F5N4S/c22-12-6-16(19(27-9-12)21(24,25)26)18-17(23)7-15-11(8-28-31-14-4-5-14)10-30(20(15)29-18)13-2-1-3-13/h6-7,9-10,13-14,28H,1-5,8H2. The van der Waals surface area contributed by atoms with Crippen LogP contribution in [0.25, 0.3) is 22.3 Å². The van der Waals surface area contributed by atoms with Crippen LogP contribution in [0.2, 0.25) is 0 Å². The number of alkyl halides is 3. The van der Waals surface area contributed by atoms with Crippen molar-refractivity contribution in [2.24, 2.45) is 0 Å². The van der Waals surface area contributed by atoms with Gasteiger partial charge >= 0.3 is 6.18 Å². The van der Waals surface area contributed by atoms with Crippen molar-refractivity contribution in [1.29, 1.82) is 0 Å². The van der Waals surface area contributed by atoms with E-state index in [-0.39, 0.29) is 6.04 Å². The summed E-state index contributed by atoms with van der Waals surface area (Å²) in [6.45, 7) is 0.493. The van der Waals surface area contributed by atoms with Crippen molar-refractivity contribution in [3.63, 3.8) is 0 Å². The predicted molar refractivity (Wildman–Crippen MR) is 108 cm³/mol. The van der Waals surface area contributed by atoms with Gasteiger partial charge in [0.1, 0.15) is 23.0 Å². The van der Waals surface area contributed by atoms with E-state index in [1.807, 2.05) is 10.8 Å². The number of aromatic nitrogens is 3. The van der Waals surface area contributed by atoms with E-state index in [0.717, 1.165) is 24.8 Å². The van der Waals surface area contributed by atoms with Crippen molar-refractivity contribution in [3.8, 4) is 11.3 Å². The summed E-state index contributed by atoms with van der Waals surface area (Å²) < 4.78 is 74.3. The van der Waals surface area contributed by atoms with Crippen LogP contribution in [0.15, 0.2) is 24.5 Å². The molecule has 0 unspecified atom stereocenters. The molecule has 2 aliphatic carbocycles. The second-order valence-corrected chi connectivity index (χ2v) is 9.21. The fraction of sp³-hybridized carbons (Fsp3) is 0.429. The van der Waals surface area contributed by atoms with Gasteiger partial charge in [0.2, 0.25) is 0 Å². The maximum atomic E-state index is 15.0. The molecule has 31 heavy (non-hydrogen) atoms. The molecule has 2 saturated carbocycles. The van der Waals surface area contributed by atoms with Crippen LogP contribution in [0, 0.1) is 11.6 Å². The van der Waals surface area contributed by atoms with Crippen molar-refractivity contribution in [2.75, 3.05) is 0 Å². The Bertz CT molecular complexity index is 1130. The molecule has 0 aromatic carbocycles. The topological polar surface area (TPSA) is 42.7 Å². The lowest BCUT2D eigenvalue weighted by atomic mass is 9.93. The number of hydrogen-bond donors (Lipinski definition) is 1. The van der Waals surface area contributed by atoms with E-state index in [2.05, 4.69) is 14.7 Å². The Morgan fingerprint density at radius 1 is 1.13 bits per heavy atom. The van der Waals surface area contributed by atoms with Crippen LogP contribution < -0.4 is 4.72 Å². The molecular formula is C21H19F5N4S. The van der Waals surface area contributed by atoms with E-state index in [9.17, 15) is 17.6 Å². The fourth-order valence-electron chi connectivity index (χ4n) is 3.75. The molecule has 3 aromatic heterocycles. The minimum atomic E-state index is -4.86. The lowest BCUT2D eigenvalue weighted by molar-refractivity contribution is -0.140. The first kappa shape index (κ1) is 20.7. The van der Waals surface area contributed by atoms with Gasteiger partial charge in [0.25, 0.3) is 0 Å². The number of nitrogens with one attached hydrogen (secondary N) is 1. The smallest absolute Gasteiger partial charge is 0.329 e. The van der Waals surface area contributed by atoms with Crippen LogP contribution in [0.4, 0.5) is 22.0 Å². The van der Waals surface area contributed by atoms with Gasteiger partial charge in [-0.1, -0.05) is 11.9 Å². The number of pyridine rings is 2. The van der Waals surface area contributed by atoms with Gasteiger partial charge in [-0.2, -0.15) is 13.2 Å². The van der Waals surface area contributed by atoms with Crippen LogP contribution in [-0.4, -0.2) is 19.8 Å². The molecule has 0 bridgehead atoms. The number of nitrogens with zero attached hydrogens (tertiary/aromatic N) is 3. The van der Waals surface area contributed by atoms with Crippen LogP contribution in [-0.2, 0) is 12.7 Å². The van der Waals surface area contributed by atoms with E-state index in [1.54, 1.807) is 11.9 Å². The zero-order valence-electron chi connectivity index (χ0n) is 16.3. The summed E-state index contributed by atoms with van der Waals surface area (Å²) >= 11 is 1.65. The van der Waals surface area contributed by atoms with Crippen LogP contribution in [0.5, 0.6) is 0 Å². The minimum absolute atomic E-state index is 0.172. The second kappa shape index (κ2) is 7.74. The van der Waals surface area contributed by atoms with E-state index >= 15 is 4.39 Å². The van der Waals surface area contributed by atoms with Gasteiger partial charge in [-0.05, 0) is 49.8 Å². The lowest BCUT2D eigenvalue weighted by Crippen LogP contribution is -2.17. The molecular weight excluding hydrogens is 435 g/mol. The highest BCUT2D eigenvalue weighted by Crippen LogP contribution is 2.40. The average Bonchev–Trinajstić information content (AvgIpc) is 3.42. The molecule has 0 radical (unpaired) electrons. The van der Waals surface area contributed by atoms with E-state index < -0.39 is 34.8 Å². The molecule has 0 spiro atoms. The van der Waals surface area contributed by atoms with Crippen LogP contribution in [0.3, 0.4) is 0 Å². The molecule has 3 aromatic rings. The Morgan fingerprint density at radius 2 is 1.90 bits per heavy atom. The summed E-state index contributed by atoms with van der Waals surface area (Å²) in [7, 11) is 0. The average molecular weight is 454 g/mol. The van der Waals surface area contributed by atoms with Crippen LogP contribution in [0.1, 0.15) is 49.4 Å². The van der Waals surface area contributed by atoms with Gasteiger partial charge in [-0.25, -0.2) is 18.7 Å². The van der Waals surface area contributed by atoms with Gasteiger partial charge in [-0.15, -0.1) is 0 Å². The molecule has 0 aliphatic heterocycles. The zero-order valence-corrected chi connectivity index (χ0v) is 17.2. The highest BCUT2D eigenvalue weighted by molar-refractivity contribution is 7.98.